The molecule has 11 heteroatoms. The number of hydrogen-bond donors (Lipinski definition) is 4. The maximum Gasteiger partial charge on any atom is 0.330 e. The Hall–Kier alpha value is -1.33. The maximum atomic E-state index is 12.3. The largest absolute Gasteiger partial charge is 0.481 e. The fourth-order valence-electron chi connectivity index (χ4n) is 3.63. The Kier molecular flexibility index (Phi) is 4.66. The molecule has 5 N–H and O–H groups in total. The minimum Gasteiger partial charge on any atom is -0.481 e. The number of thioether (sulfide) groups is 1. The zero-order valence-electron chi connectivity index (χ0n) is 13.2. The van der Waals surface area contributed by atoms with E-state index in [0.717, 1.165) is 0 Å². The summed E-state index contributed by atoms with van der Waals surface area (Å²) >= 11 is 1.46. The normalized spacial score (nSPS) is 37.3. The number of nitrogens with two attached hydrogens (primary N) is 1. The van der Waals surface area contributed by atoms with Gasteiger partial charge in [0.15, 0.2) is 15.4 Å². The van der Waals surface area contributed by atoms with Gasteiger partial charge in [-0.1, -0.05) is 0 Å². The third-order valence-electron chi connectivity index (χ3n) is 4.94. The average molecular weight is 380 g/mol. The summed E-state index contributed by atoms with van der Waals surface area (Å²) in [5.74, 6) is -5.22. The van der Waals surface area contributed by atoms with Crippen LogP contribution in [0, 0.1) is 11.3 Å². The van der Waals surface area contributed by atoms with Gasteiger partial charge in [0, 0.05) is 5.92 Å². The van der Waals surface area contributed by atoms with Crippen molar-refractivity contribution in [3.63, 3.8) is 0 Å². The van der Waals surface area contributed by atoms with E-state index in [2.05, 4.69) is 5.32 Å². The van der Waals surface area contributed by atoms with Crippen LogP contribution >= 0.6 is 11.8 Å². The Morgan fingerprint density at radius 1 is 1.33 bits per heavy atom. The number of fused-ring (bicyclic) bond motifs is 1. The molecule has 0 spiro atoms. The van der Waals surface area contributed by atoms with Gasteiger partial charge >= 0.3 is 11.9 Å². The summed E-state index contributed by atoms with van der Waals surface area (Å²) in [4.78, 5) is 35.5. The number of aliphatic carboxylic acids is 2. The fourth-order valence-corrected chi connectivity index (χ4v) is 7.15. The van der Waals surface area contributed by atoms with Crippen LogP contribution in [0.1, 0.15) is 13.3 Å². The molecular weight excluding hydrogens is 360 g/mol. The molecule has 0 aromatic rings. The molecule has 0 radical (unpaired) electrons. The Labute approximate surface area is 143 Å². The van der Waals surface area contributed by atoms with E-state index in [4.69, 9.17) is 5.73 Å². The van der Waals surface area contributed by atoms with Gasteiger partial charge in [-0.2, -0.15) is 11.8 Å². The van der Waals surface area contributed by atoms with Gasteiger partial charge in [0.2, 0.25) is 5.91 Å². The molecule has 1 saturated heterocycles. The molecule has 1 aliphatic carbocycles. The van der Waals surface area contributed by atoms with Gasteiger partial charge < -0.3 is 21.3 Å². The van der Waals surface area contributed by atoms with Crippen molar-refractivity contribution in [1.29, 1.82) is 0 Å². The number of rotatable bonds is 7. The summed E-state index contributed by atoms with van der Waals surface area (Å²) < 4.78 is 24.5. The topological polar surface area (TPSA) is 164 Å². The highest BCUT2D eigenvalue weighted by atomic mass is 32.2. The second-order valence-corrected chi connectivity index (χ2v) is 9.55. The van der Waals surface area contributed by atoms with E-state index in [9.17, 15) is 33.0 Å². The summed E-state index contributed by atoms with van der Waals surface area (Å²) in [5, 5.41) is 19.8. The van der Waals surface area contributed by atoms with Crippen molar-refractivity contribution in [1.82, 2.24) is 5.32 Å². The van der Waals surface area contributed by atoms with E-state index in [1.807, 2.05) is 6.26 Å². The van der Waals surface area contributed by atoms with Crippen molar-refractivity contribution in [2.45, 2.75) is 30.2 Å². The number of carbonyl (C=O) groups is 3. The SMILES string of the molecule is CSCCC(N)C(=O)N[C@@]1(C(=O)O)CS(=O)(=O)[C@@H]2[C@H]1[C@@]2(C)C(=O)O. The second-order valence-electron chi connectivity index (χ2n) is 6.45. The summed E-state index contributed by atoms with van der Waals surface area (Å²) in [6, 6.07) is -0.995. The molecule has 2 rings (SSSR count). The molecule has 0 aromatic carbocycles. The molecule has 0 bridgehead atoms. The standard InChI is InChI=1S/C13H20N2O7S2/c1-12(10(17)18)7-8(12)24(21,22)5-13(7,11(19)20)15-9(16)6(14)3-4-23-2/h6-8H,3-5,14H2,1-2H3,(H,15,16)(H,17,18)(H,19,20)/t6?,7-,8+,12+,13-/m0/s1. The van der Waals surface area contributed by atoms with Crippen molar-refractivity contribution < 1.29 is 33.0 Å². The van der Waals surface area contributed by atoms with Crippen LogP contribution in [0.15, 0.2) is 0 Å². The first-order valence-corrected chi connectivity index (χ1v) is 10.3. The third-order valence-corrected chi connectivity index (χ3v) is 7.97. The molecule has 1 aliphatic heterocycles. The number of nitrogens with one attached hydrogen (secondary N) is 1. The van der Waals surface area contributed by atoms with E-state index >= 15 is 0 Å². The summed E-state index contributed by atoms with van der Waals surface area (Å²) in [6.07, 6.45) is 2.11. The molecule has 2 fully saturated rings. The Morgan fingerprint density at radius 3 is 2.33 bits per heavy atom. The number of amides is 1. The lowest BCUT2D eigenvalue weighted by atomic mass is 9.89. The van der Waals surface area contributed by atoms with Gasteiger partial charge in [-0.25, -0.2) is 13.2 Å². The van der Waals surface area contributed by atoms with Gasteiger partial charge in [-0.15, -0.1) is 0 Å². The van der Waals surface area contributed by atoms with Crippen LogP contribution in [0.5, 0.6) is 0 Å². The molecule has 136 valence electrons. The summed E-state index contributed by atoms with van der Waals surface area (Å²) in [6.45, 7) is 1.19. The van der Waals surface area contributed by atoms with E-state index in [1.54, 1.807) is 0 Å². The number of carbonyl (C=O) groups excluding carboxylic acids is 1. The molecule has 2 aliphatic rings. The highest BCUT2D eigenvalue weighted by Crippen LogP contribution is 2.66. The van der Waals surface area contributed by atoms with Crippen LogP contribution in [0.3, 0.4) is 0 Å². The Bertz CT molecular complexity index is 694. The number of carboxylic acids is 2. The number of carboxylic acid groups (broad SMARTS) is 2. The first-order chi connectivity index (χ1) is 10.9. The third kappa shape index (κ3) is 2.58. The second kappa shape index (κ2) is 5.88. The molecule has 1 heterocycles. The quantitative estimate of drug-likeness (QED) is 0.412. The molecule has 1 amide bonds. The highest BCUT2D eigenvalue weighted by Gasteiger charge is 2.85. The predicted octanol–water partition coefficient (Wildman–Crippen LogP) is -1.48. The van der Waals surface area contributed by atoms with Crippen LogP contribution in [-0.4, -0.2) is 71.1 Å². The van der Waals surface area contributed by atoms with Crippen LogP contribution in [0.2, 0.25) is 0 Å². The molecule has 0 aromatic heterocycles. The number of sulfone groups is 1. The molecule has 5 atom stereocenters. The zero-order chi connectivity index (χ0) is 18.5. The van der Waals surface area contributed by atoms with Crippen LogP contribution in [-0.2, 0) is 24.2 Å². The van der Waals surface area contributed by atoms with Crippen molar-refractivity contribution in [3.05, 3.63) is 0 Å². The van der Waals surface area contributed by atoms with Crippen LogP contribution in [0.25, 0.3) is 0 Å². The lowest BCUT2D eigenvalue weighted by molar-refractivity contribution is -0.150. The lowest BCUT2D eigenvalue weighted by Crippen LogP contribution is -2.62. The van der Waals surface area contributed by atoms with Crippen molar-refractivity contribution in [2.24, 2.45) is 17.1 Å². The van der Waals surface area contributed by atoms with Crippen molar-refractivity contribution in [2.75, 3.05) is 17.8 Å². The predicted molar refractivity (Wildman–Crippen MR) is 86.3 cm³/mol. The van der Waals surface area contributed by atoms with Crippen LogP contribution in [0.4, 0.5) is 0 Å². The minimum atomic E-state index is -3.97. The van der Waals surface area contributed by atoms with E-state index in [1.165, 1.54) is 18.7 Å². The Morgan fingerprint density at radius 2 is 1.92 bits per heavy atom. The van der Waals surface area contributed by atoms with Crippen molar-refractivity contribution >= 4 is 39.4 Å². The molecular formula is C13H20N2O7S2. The summed E-state index contributed by atoms with van der Waals surface area (Å²) in [5.41, 5.74) is 1.82. The van der Waals surface area contributed by atoms with Gasteiger partial charge in [0.25, 0.3) is 0 Å². The first-order valence-electron chi connectivity index (χ1n) is 7.20. The maximum absolute atomic E-state index is 12.3. The lowest BCUT2D eigenvalue weighted by Gasteiger charge is -2.30. The molecule has 24 heavy (non-hydrogen) atoms. The first kappa shape index (κ1) is 19.0. The average Bonchev–Trinajstić information content (AvgIpc) is 3.04. The van der Waals surface area contributed by atoms with Gasteiger partial charge in [-0.3, -0.25) is 9.59 Å². The van der Waals surface area contributed by atoms with Crippen molar-refractivity contribution in [3.8, 4) is 0 Å². The van der Waals surface area contributed by atoms with E-state index in [0.29, 0.717) is 12.2 Å². The smallest absolute Gasteiger partial charge is 0.330 e. The van der Waals surface area contributed by atoms with E-state index < -0.39 is 61.6 Å². The molecule has 1 unspecified atom stereocenters. The molecule has 9 nitrogen and oxygen atoms in total. The number of hydrogen-bond acceptors (Lipinski definition) is 7. The Balaban J connectivity index is 2.35. The highest BCUT2D eigenvalue weighted by molar-refractivity contribution is 7.98. The monoisotopic (exact) mass is 380 g/mol. The zero-order valence-corrected chi connectivity index (χ0v) is 14.8. The van der Waals surface area contributed by atoms with E-state index in [-0.39, 0.29) is 0 Å². The fraction of sp³-hybridized carbons (Fsp3) is 0.769. The van der Waals surface area contributed by atoms with Gasteiger partial charge in [0.1, 0.15) is 0 Å². The van der Waals surface area contributed by atoms with Gasteiger partial charge in [0.05, 0.1) is 22.5 Å². The summed E-state index contributed by atoms with van der Waals surface area (Å²) in [7, 11) is -3.97. The molecule has 1 saturated carbocycles. The van der Waals surface area contributed by atoms with Crippen LogP contribution < -0.4 is 11.1 Å². The minimum absolute atomic E-state index is 0.291. The van der Waals surface area contributed by atoms with Gasteiger partial charge in [-0.05, 0) is 25.4 Å².